The molecule has 150 valence electrons. The highest BCUT2D eigenvalue weighted by molar-refractivity contribution is 5.61. The number of hydrogen-bond acceptors (Lipinski definition) is 7. The molecule has 0 aliphatic heterocycles. The average molecular weight is 393 g/mol. The maximum absolute atomic E-state index is 14.1. The van der Waals surface area contributed by atoms with Crippen LogP contribution in [0.15, 0.2) is 48.8 Å². The molecule has 0 atom stereocenters. The molecule has 8 heteroatoms. The number of nitrogens with one attached hydrogen (secondary N) is 1. The van der Waals surface area contributed by atoms with Crippen molar-refractivity contribution in [1.29, 1.82) is 0 Å². The molecule has 1 saturated carbocycles. The van der Waals surface area contributed by atoms with Crippen LogP contribution in [-0.2, 0) is 0 Å². The Morgan fingerprint density at radius 1 is 0.966 bits per heavy atom. The van der Waals surface area contributed by atoms with Gasteiger partial charge in [0, 0.05) is 31.5 Å². The number of halogens is 1. The van der Waals surface area contributed by atoms with E-state index in [1.54, 1.807) is 36.7 Å². The largest absolute Gasteiger partial charge is 0.351 e. The van der Waals surface area contributed by atoms with Gasteiger partial charge in [0.15, 0.2) is 5.82 Å². The molecular formula is C21H24FN7. The third-order valence-electron chi connectivity index (χ3n) is 5.19. The van der Waals surface area contributed by atoms with Gasteiger partial charge in [-0.3, -0.25) is 0 Å². The monoisotopic (exact) mass is 393 g/mol. The first kappa shape index (κ1) is 19.2. The van der Waals surface area contributed by atoms with Crippen molar-refractivity contribution >= 4 is 17.6 Å². The zero-order chi connectivity index (χ0) is 20.2. The topological polar surface area (TPSA) is 92.9 Å². The van der Waals surface area contributed by atoms with Gasteiger partial charge < -0.3 is 16.0 Å². The Hall–Kier alpha value is -3.13. The molecule has 4 rings (SSSR count). The summed E-state index contributed by atoms with van der Waals surface area (Å²) in [4.78, 5) is 19.5. The summed E-state index contributed by atoms with van der Waals surface area (Å²) in [5, 5.41) is 3.41. The fourth-order valence-corrected chi connectivity index (χ4v) is 3.48. The molecule has 3 N–H and O–H groups in total. The molecule has 0 unspecified atom stereocenters. The molecule has 2 aromatic heterocycles. The number of hydrogen-bond donors (Lipinski definition) is 2. The summed E-state index contributed by atoms with van der Waals surface area (Å²) < 4.78 is 14.1. The van der Waals surface area contributed by atoms with Crippen LogP contribution in [0.4, 0.5) is 22.0 Å². The molecule has 1 fully saturated rings. The lowest BCUT2D eigenvalue weighted by molar-refractivity contribution is 0.410. The third kappa shape index (κ3) is 4.48. The lowest BCUT2D eigenvalue weighted by atomic mass is 9.92. The molecular weight excluding hydrogens is 369 g/mol. The fraction of sp³-hybridized carbons (Fsp3) is 0.333. The van der Waals surface area contributed by atoms with Gasteiger partial charge >= 0.3 is 0 Å². The van der Waals surface area contributed by atoms with Crippen LogP contribution in [0.25, 0.3) is 11.4 Å². The van der Waals surface area contributed by atoms with E-state index in [0.717, 1.165) is 25.7 Å². The quantitative estimate of drug-likeness (QED) is 0.685. The van der Waals surface area contributed by atoms with Crippen LogP contribution >= 0.6 is 0 Å². The highest BCUT2D eigenvalue weighted by Crippen LogP contribution is 2.25. The Bertz CT molecular complexity index is 973. The van der Waals surface area contributed by atoms with Crippen molar-refractivity contribution < 1.29 is 4.39 Å². The minimum absolute atomic E-state index is 0.299. The summed E-state index contributed by atoms with van der Waals surface area (Å²) in [6.45, 7) is 0. The zero-order valence-corrected chi connectivity index (χ0v) is 16.3. The lowest BCUT2D eigenvalue weighted by Crippen LogP contribution is -2.33. The Morgan fingerprint density at radius 2 is 1.66 bits per heavy atom. The Balaban J connectivity index is 1.53. The molecule has 0 bridgehead atoms. The van der Waals surface area contributed by atoms with E-state index in [1.807, 2.05) is 18.0 Å². The maximum atomic E-state index is 14.1. The summed E-state index contributed by atoms with van der Waals surface area (Å²) in [5.41, 5.74) is 6.35. The highest BCUT2D eigenvalue weighted by Gasteiger charge is 2.19. The number of aromatic nitrogens is 4. The van der Waals surface area contributed by atoms with E-state index in [2.05, 4.69) is 25.3 Å². The van der Waals surface area contributed by atoms with Crippen molar-refractivity contribution in [3.8, 4) is 11.4 Å². The average Bonchev–Trinajstić information content (AvgIpc) is 2.75. The smallest absolute Gasteiger partial charge is 0.224 e. The van der Waals surface area contributed by atoms with Gasteiger partial charge in [-0.15, -0.1) is 0 Å². The van der Waals surface area contributed by atoms with Crippen molar-refractivity contribution in [2.45, 2.75) is 37.8 Å². The van der Waals surface area contributed by atoms with Crippen LogP contribution in [0.2, 0.25) is 0 Å². The molecule has 7 nitrogen and oxygen atoms in total. The fourth-order valence-electron chi connectivity index (χ4n) is 3.48. The van der Waals surface area contributed by atoms with Crippen LogP contribution in [0.5, 0.6) is 0 Å². The highest BCUT2D eigenvalue weighted by atomic mass is 19.1. The standard InChI is InChI=1S/C21H24FN7/c1-29(18-10-12-24-20(27-18)16-4-2-3-5-17(16)22)19-11-13-25-21(28-19)26-15-8-6-14(23)7-9-15/h2-5,10-15H,6-9,23H2,1H3,(H,25,26,28). The summed E-state index contributed by atoms with van der Waals surface area (Å²) in [6.07, 6.45) is 7.39. The number of nitrogens with zero attached hydrogens (tertiary/aromatic N) is 5. The molecule has 3 aromatic rings. The normalized spacial score (nSPS) is 19.0. The predicted molar refractivity (Wildman–Crippen MR) is 111 cm³/mol. The van der Waals surface area contributed by atoms with E-state index < -0.39 is 0 Å². The van der Waals surface area contributed by atoms with Gasteiger partial charge in [0.05, 0.1) is 5.56 Å². The van der Waals surface area contributed by atoms with Gasteiger partial charge in [-0.1, -0.05) is 12.1 Å². The van der Waals surface area contributed by atoms with Crippen molar-refractivity contribution in [1.82, 2.24) is 19.9 Å². The van der Waals surface area contributed by atoms with Crippen LogP contribution in [-0.4, -0.2) is 39.1 Å². The van der Waals surface area contributed by atoms with Gasteiger partial charge in [-0.05, 0) is 49.9 Å². The number of nitrogens with two attached hydrogens (primary N) is 1. The molecule has 0 amide bonds. The van der Waals surface area contributed by atoms with Crippen molar-refractivity contribution in [3.63, 3.8) is 0 Å². The molecule has 1 aliphatic carbocycles. The molecule has 0 saturated heterocycles. The van der Waals surface area contributed by atoms with Crippen molar-refractivity contribution in [2.75, 3.05) is 17.3 Å². The molecule has 0 radical (unpaired) electrons. The van der Waals surface area contributed by atoms with E-state index in [-0.39, 0.29) is 5.82 Å². The first-order chi connectivity index (χ1) is 14.1. The second-order valence-electron chi connectivity index (χ2n) is 7.27. The van der Waals surface area contributed by atoms with E-state index in [9.17, 15) is 4.39 Å². The Labute approximate surface area is 169 Å². The number of rotatable bonds is 5. The van der Waals surface area contributed by atoms with Gasteiger partial charge in [-0.25, -0.2) is 19.3 Å². The van der Waals surface area contributed by atoms with E-state index in [1.165, 1.54) is 6.07 Å². The van der Waals surface area contributed by atoms with Crippen LogP contribution in [0, 0.1) is 5.82 Å². The van der Waals surface area contributed by atoms with Crippen molar-refractivity contribution in [2.24, 2.45) is 5.73 Å². The maximum Gasteiger partial charge on any atom is 0.224 e. The van der Waals surface area contributed by atoms with Crippen LogP contribution in [0.1, 0.15) is 25.7 Å². The molecule has 0 spiro atoms. The summed E-state index contributed by atoms with van der Waals surface area (Å²) in [5.74, 6) is 1.87. The second kappa shape index (κ2) is 8.48. The summed E-state index contributed by atoms with van der Waals surface area (Å²) >= 11 is 0. The minimum atomic E-state index is -0.354. The van der Waals surface area contributed by atoms with Crippen LogP contribution in [0.3, 0.4) is 0 Å². The Morgan fingerprint density at radius 3 is 2.41 bits per heavy atom. The number of benzene rings is 1. The van der Waals surface area contributed by atoms with Gasteiger partial charge in [-0.2, -0.15) is 4.98 Å². The zero-order valence-electron chi connectivity index (χ0n) is 16.3. The second-order valence-corrected chi connectivity index (χ2v) is 7.27. The van der Waals surface area contributed by atoms with E-state index >= 15 is 0 Å². The van der Waals surface area contributed by atoms with Gasteiger partial charge in [0.2, 0.25) is 5.95 Å². The summed E-state index contributed by atoms with van der Waals surface area (Å²) in [7, 11) is 1.86. The van der Waals surface area contributed by atoms with Gasteiger partial charge in [0.25, 0.3) is 0 Å². The predicted octanol–water partition coefficient (Wildman–Crippen LogP) is 3.52. The third-order valence-corrected chi connectivity index (χ3v) is 5.19. The SMILES string of the molecule is CN(c1ccnc(NC2CCC(N)CC2)n1)c1ccnc(-c2ccccc2F)n1. The van der Waals surface area contributed by atoms with Crippen LogP contribution < -0.4 is 16.0 Å². The minimum Gasteiger partial charge on any atom is -0.351 e. The molecule has 1 aliphatic rings. The van der Waals surface area contributed by atoms with Gasteiger partial charge in [0.1, 0.15) is 17.5 Å². The summed E-state index contributed by atoms with van der Waals surface area (Å²) in [6, 6.07) is 10.7. The molecule has 1 aromatic carbocycles. The van der Waals surface area contributed by atoms with E-state index in [0.29, 0.717) is 41.1 Å². The Kier molecular flexibility index (Phi) is 5.62. The lowest BCUT2D eigenvalue weighted by Gasteiger charge is -2.27. The molecule has 29 heavy (non-hydrogen) atoms. The van der Waals surface area contributed by atoms with E-state index in [4.69, 9.17) is 5.73 Å². The molecule has 2 heterocycles. The first-order valence-electron chi connectivity index (χ1n) is 9.77. The number of anilines is 3. The van der Waals surface area contributed by atoms with Crippen molar-refractivity contribution in [3.05, 3.63) is 54.6 Å². The first-order valence-corrected chi connectivity index (χ1v) is 9.77.